The first-order valence-electron chi connectivity index (χ1n) is 13.9. The Balaban J connectivity index is 1.25. The third kappa shape index (κ3) is 4.52. The number of carbonyl (C=O) groups excluding carboxylic acids is 1. The van der Waals surface area contributed by atoms with E-state index in [1.807, 2.05) is 22.8 Å². The van der Waals surface area contributed by atoms with E-state index in [0.29, 0.717) is 47.3 Å². The van der Waals surface area contributed by atoms with Crippen LogP contribution in [0.5, 0.6) is 11.5 Å². The highest BCUT2D eigenvalue weighted by molar-refractivity contribution is 5.99. The molecule has 42 heavy (non-hydrogen) atoms. The molecule has 1 aliphatic carbocycles. The predicted octanol–water partition coefficient (Wildman–Crippen LogP) is 5.12. The maximum absolute atomic E-state index is 13.8. The fourth-order valence-corrected chi connectivity index (χ4v) is 5.81. The number of aromatic nitrogens is 5. The van der Waals surface area contributed by atoms with Gasteiger partial charge < -0.3 is 19.4 Å². The van der Waals surface area contributed by atoms with Gasteiger partial charge in [0, 0.05) is 46.4 Å². The number of fused-ring (bicyclic) bond motifs is 2. The monoisotopic (exact) mass is 564 g/mol. The Kier molecular flexibility index (Phi) is 6.33. The number of benzene rings is 2. The number of pyridine rings is 2. The van der Waals surface area contributed by atoms with E-state index in [9.17, 15) is 9.18 Å². The maximum atomic E-state index is 13.8. The summed E-state index contributed by atoms with van der Waals surface area (Å²) in [6, 6.07) is 15.7. The quantitative estimate of drug-likeness (QED) is 0.279. The zero-order valence-electron chi connectivity index (χ0n) is 23.3. The van der Waals surface area contributed by atoms with E-state index in [2.05, 4.69) is 33.5 Å². The van der Waals surface area contributed by atoms with Gasteiger partial charge in [0.1, 0.15) is 47.6 Å². The molecule has 1 aliphatic heterocycles. The molecule has 0 spiro atoms. The number of methoxy groups -OCH3 is 1. The lowest BCUT2D eigenvalue weighted by Gasteiger charge is -2.25. The second kappa shape index (κ2) is 10.2. The van der Waals surface area contributed by atoms with E-state index in [1.165, 1.54) is 12.1 Å². The normalized spacial score (nSPS) is 18.4. The van der Waals surface area contributed by atoms with Gasteiger partial charge in [0.05, 0.1) is 7.11 Å². The summed E-state index contributed by atoms with van der Waals surface area (Å²) in [5, 5.41) is 12.0. The predicted molar refractivity (Wildman–Crippen MR) is 154 cm³/mol. The van der Waals surface area contributed by atoms with E-state index < -0.39 is 5.54 Å². The summed E-state index contributed by atoms with van der Waals surface area (Å²) in [5.41, 5.74) is 3.89. The average Bonchev–Trinajstić information content (AvgIpc) is 3.57. The third-order valence-corrected chi connectivity index (χ3v) is 8.38. The highest BCUT2D eigenvalue weighted by Gasteiger charge is 2.42. The Morgan fingerprint density at radius 2 is 1.95 bits per heavy atom. The van der Waals surface area contributed by atoms with Gasteiger partial charge in [-0.1, -0.05) is 6.07 Å². The van der Waals surface area contributed by atoms with Crippen LogP contribution >= 0.6 is 0 Å². The number of amides is 1. The van der Waals surface area contributed by atoms with E-state index in [-0.39, 0.29) is 17.6 Å². The van der Waals surface area contributed by atoms with Gasteiger partial charge >= 0.3 is 0 Å². The van der Waals surface area contributed by atoms with Crippen LogP contribution < -0.4 is 14.8 Å². The Morgan fingerprint density at radius 3 is 2.69 bits per heavy atom. The third-order valence-electron chi connectivity index (χ3n) is 8.38. The fourth-order valence-electron chi connectivity index (χ4n) is 5.81. The topological polar surface area (TPSA) is 104 Å². The number of rotatable bonds is 8. The molecule has 7 rings (SSSR count). The van der Waals surface area contributed by atoms with Crippen molar-refractivity contribution in [3.8, 4) is 22.8 Å². The minimum atomic E-state index is -0.557. The summed E-state index contributed by atoms with van der Waals surface area (Å²) in [4.78, 5) is 22.9. The number of hydrogen-bond donors (Lipinski definition) is 1. The minimum Gasteiger partial charge on any atom is -0.494 e. The largest absolute Gasteiger partial charge is 0.494 e. The van der Waals surface area contributed by atoms with Crippen LogP contribution in [0.1, 0.15) is 47.3 Å². The van der Waals surface area contributed by atoms with Gasteiger partial charge in [0.25, 0.3) is 5.91 Å². The minimum absolute atomic E-state index is 0.0202. The van der Waals surface area contributed by atoms with Gasteiger partial charge in [0.2, 0.25) is 0 Å². The van der Waals surface area contributed by atoms with Crippen molar-refractivity contribution in [1.82, 2.24) is 30.0 Å². The first-order chi connectivity index (χ1) is 20.4. The molecule has 1 amide bonds. The maximum Gasteiger partial charge on any atom is 0.251 e. The first kappa shape index (κ1) is 26.1. The Labute approximate surface area is 241 Å². The van der Waals surface area contributed by atoms with Crippen molar-refractivity contribution in [2.45, 2.75) is 31.2 Å². The van der Waals surface area contributed by atoms with Crippen molar-refractivity contribution in [1.29, 1.82) is 0 Å². The molecule has 0 saturated heterocycles. The van der Waals surface area contributed by atoms with Crippen molar-refractivity contribution in [2.24, 2.45) is 5.92 Å². The summed E-state index contributed by atoms with van der Waals surface area (Å²) in [6.45, 7) is 2.87. The van der Waals surface area contributed by atoms with Crippen LogP contribution in [-0.2, 0) is 5.54 Å². The lowest BCUT2D eigenvalue weighted by Crippen LogP contribution is -2.33. The zero-order valence-corrected chi connectivity index (χ0v) is 23.3. The number of carbonyl (C=O) groups is 1. The molecule has 212 valence electrons. The summed E-state index contributed by atoms with van der Waals surface area (Å²) in [5.74, 6) is 1.07. The number of halogens is 1. The highest BCUT2D eigenvalue weighted by atomic mass is 19.1. The van der Waals surface area contributed by atoms with Gasteiger partial charge in [-0.3, -0.25) is 9.78 Å². The van der Waals surface area contributed by atoms with Crippen LogP contribution in [0.15, 0.2) is 73.4 Å². The van der Waals surface area contributed by atoms with Gasteiger partial charge in [-0.15, -0.1) is 10.2 Å². The van der Waals surface area contributed by atoms with Gasteiger partial charge in [-0.25, -0.2) is 9.37 Å². The Hall–Kier alpha value is -4.86. The molecule has 3 aromatic heterocycles. The lowest BCUT2D eigenvalue weighted by molar-refractivity contribution is 0.0950. The molecule has 1 unspecified atom stereocenters. The van der Waals surface area contributed by atoms with Crippen molar-refractivity contribution < 1.29 is 18.7 Å². The van der Waals surface area contributed by atoms with Gasteiger partial charge in [-0.2, -0.15) is 0 Å². The van der Waals surface area contributed by atoms with E-state index in [4.69, 9.17) is 14.5 Å². The van der Waals surface area contributed by atoms with E-state index in [0.717, 1.165) is 35.0 Å². The second-order valence-electron chi connectivity index (χ2n) is 11.1. The molecule has 2 atom stereocenters. The van der Waals surface area contributed by atoms with Crippen molar-refractivity contribution in [3.05, 3.63) is 96.1 Å². The molecule has 0 radical (unpaired) electrons. The van der Waals surface area contributed by atoms with Crippen LogP contribution in [0.3, 0.4) is 0 Å². The van der Waals surface area contributed by atoms with Gasteiger partial charge in [-0.05, 0) is 74.2 Å². The molecule has 0 bridgehead atoms. The standard InChI is InChI=1S/C32H29FN6O3/c1-32(39-17-36-37-18-39)16-42-30-25(32)14-26(38-29(30)20-7-9-23(33)10-8-20)24(19-5-6-19)15-35-31(40)22-12-21-4-3-11-34-28(21)27(13-22)41-2/h3-4,7-14,17-19,24H,5-6,15-16H2,1-2H3,(H,35,40)/t24?,32-/m0/s1. The molecular weight excluding hydrogens is 535 g/mol. The first-order valence-corrected chi connectivity index (χ1v) is 13.9. The number of ether oxygens (including phenoxy) is 2. The van der Waals surface area contributed by atoms with Gasteiger partial charge in [0.15, 0.2) is 5.75 Å². The highest BCUT2D eigenvalue weighted by Crippen LogP contribution is 2.48. The number of hydrogen-bond acceptors (Lipinski definition) is 7. The smallest absolute Gasteiger partial charge is 0.251 e. The molecule has 2 aliphatic rings. The summed E-state index contributed by atoms with van der Waals surface area (Å²) in [7, 11) is 1.57. The average molecular weight is 565 g/mol. The molecule has 5 aromatic rings. The molecule has 9 nitrogen and oxygen atoms in total. The summed E-state index contributed by atoms with van der Waals surface area (Å²) >= 11 is 0. The zero-order chi connectivity index (χ0) is 28.8. The molecular formula is C32H29FN6O3. The number of nitrogens with zero attached hydrogens (tertiary/aromatic N) is 5. The number of nitrogens with one attached hydrogen (secondary N) is 1. The van der Waals surface area contributed by atoms with Crippen LogP contribution in [0.25, 0.3) is 22.2 Å². The van der Waals surface area contributed by atoms with Crippen LogP contribution in [0, 0.1) is 11.7 Å². The Morgan fingerprint density at radius 1 is 1.17 bits per heavy atom. The SMILES string of the molecule is COc1cc(C(=O)NCC(c2cc3c(c(-c4ccc(F)cc4)n2)OC[C@]3(C)n2cnnc2)C2CC2)cc2cccnc12. The molecule has 1 N–H and O–H groups in total. The van der Waals surface area contributed by atoms with Crippen molar-refractivity contribution in [3.63, 3.8) is 0 Å². The fraction of sp³-hybridized carbons (Fsp3) is 0.281. The van der Waals surface area contributed by atoms with E-state index in [1.54, 1.807) is 44.2 Å². The molecule has 1 fully saturated rings. The summed E-state index contributed by atoms with van der Waals surface area (Å²) < 4.78 is 27.6. The Bertz CT molecular complexity index is 1790. The molecule has 10 heteroatoms. The molecule has 2 aromatic carbocycles. The van der Waals surface area contributed by atoms with Crippen LogP contribution in [0.2, 0.25) is 0 Å². The molecule has 4 heterocycles. The lowest BCUT2D eigenvalue weighted by atomic mass is 9.89. The van der Waals surface area contributed by atoms with E-state index >= 15 is 0 Å². The second-order valence-corrected chi connectivity index (χ2v) is 11.1. The van der Waals surface area contributed by atoms with Crippen molar-refractivity contribution in [2.75, 3.05) is 20.3 Å². The van der Waals surface area contributed by atoms with Crippen LogP contribution in [-0.4, -0.2) is 50.9 Å². The summed E-state index contributed by atoms with van der Waals surface area (Å²) in [6.07, 6.45) is 7.18. The van der Waals surface area contributed by atoms with Crippen LogP contribution in [0.4, 0.5) is 4.39 Å². The van der Waals surface area contributed by atoms with Crippen molar-refractivity contribution >= 4 is 16.8 Å². The molecule has 1 saturated carbocycles.